The first-order valence-electron chi connectivity index (χ1n) is 26.8. The number of hydrogen-bond donors (Lipinski definition) is 1. The standard InChI is InChI=1S/C52H106NO7P/c1-6-8-10-12-14-16-18-20-21-22-23-24-25-26-27-28-29-30-31-32-34-36-38-40-42-44-47-57-49-51(50-59-61(55,56)58-48-46-53(3,4)5)60-52(54)45-43-41-39-37-35-33-19-17-15-13-11-9-7-2/h51H,6-50H2,1-5H3/p+1. The maximum Gasteiger partial charge on any atom is 0.472 e. The van der Waals surface area contributed by atoms with E-state index in [1.807, 2.05) is 21.1 Å². The second-order valence-electron chi connectivity index (χ2n) is 19.6. The average Bonchev–Trinajstić information content (AvgIpc) is 3.22. The molecule has 0 aromatic carbocycles. The molecule has 0 bridgehead atoms. The Hall–Kier alpha value is -0.500. The van der Waals surface area contributed by atoms with Crippen molar-refractivity contribution in [3.05, 3.63) is 0 Å². The normalized spacial score (nSPS) is 13.5. The summed E-state index contributed by atoms with van der Waals surface area (Å²) in [5.41, 5.74) is 0. The zero-order valence-corrected chi connectivity index (χ0v) is 42.6. The smallest absolute Gasteiger partial charge is 0.457 e. The third-order valence-electron chi connectivity index (χ3n) is 12.2. The van der Waals surface area contributed by atoms with Crippen LogP contribution in [0.2, 0.25) is 0 Å². The van der Waals surface area contributed by atoms with Gasteiger partial charge >= 0.3 is 13.8 Å². The molecule has 1 N–H and O–H groups in total. The highest BCUT2D eigenvalue weighted by Crippen LogP contribution is 2.43. The molecule has 0 fully saturated rings. The predicted molar refractivity (Wildman–Crippen MR) is 261 cm³/mol. The fourth-order valence-electron chi connectivity index (χ4n) is 8.03. The highest BCUT2D eigenvalue weighted by atomic mass is 31.2. The summed E-state index contributed by atoms with van der Waals surface area (Å²) in [6.45, 7) is 5.70. The van der Waals surface area contributed by atoms with Crippen molar-refractivity contribution < 1.29 is 37.3 Å². The summed E-state index contributed by atoms with van der Waals surface area (Å²) in [7, 11) is 1.69. The molecule has 0 heterocycles. The van der Waals surface area contributed by atoms with Gasteiger partial charge in [0.05, 0.1) is 34.4 Å². The van der Waals surface area contributed by atoms with E-state index in [4.69, 9.17) is 18.5 Å². The number of phosphoric ester groups is 1. The van der Waals surface area contributed by atoms with E-state index in [2.05, 4.69) is 13.8 Å². The lowest BCUT2D eigenvalue weighted by atomic mass is 10.0. The Bertz CT molecular complexity index is 945. The van der Waals surface area contributed by atoms with Crippen LogP contribution in [0.4, 0.5) is 0 Å². The number of nitrogens with zero attached hydrogens (tertiary/aromatic N) is 1. The lowest BCUT2D eigenvalue weighted by Crippen LogP contribution is -2.37. The summed E-state index contributed by atoms with van der Waals surface area (Å²) >= 11 is 0. The number of esters is 1. The average molecular weight is 889 g/mol. The second kappa shape index (κ2) is 46.0. The van der Waals surface area contributed by atoms with Crippen LogP contribution >= 0.6 is 7.82 Å². The van der Waals surface area contributed by atoms with Gasteiger partial charge < -0.3 is 18.9 Å². The van der Waals surface area contributed by atoms with E-state index in [9.17, 15) is 14.3 Å². The summed E-state index contributed by atoms with van der Waals surface area (Å²) < 4.78 is 35.2. The van der Waals surface area contributed by atoms with Crippen LogP contribution in [0.5, 0.6) is 0 Å². The van der Waals surface area contributed by atoms with Gasteiger partial charge in [-0.1, -0.05) is 251 Å². The molecule has 0 aromatic heterocycles. The predicted octanol–water partition coefficient (Wildman–Crippen LogP) is 16.4. The van der Waals surface area contributed by atoms with E-state index >= 15 is 0 Å². The van der Waals surface area contributed by atoms with Crippen LogP contribution in [0.3, 0.4) is 0 Å². The summed E-state index contributed by atoms with van der Waals surface area (Å²) in [5.74, 6) is -0.306. The molecule has 0 radical (unpaired) electrons. The van der Waals surface area contributed by atoms with Gasteiger partial charge in [-0.15, -0.1) is 0 Å². The number of rotatable bonds is 51. The molecule has 9 heteroatoms. The van der Waals surface area contributed by atoms with Gasteiger partial charge in [0.2, 0.25) is 0 Å². The van der Waals surface area contributed by atoms with E-state index in [1.54, 1.807) is 0 Å². The zero-order valence-electron chi connectivity index (χ0n) is 41.7. The molecule has 0 aliphatic carbocycles. The maximum atomic E-state index is 12.7. The van der Waals surface area contributed by atoms with E-state index < -0.39 is 13.9 Å². The molecule has 0 rings (SSSR count). The van der Waals surface area contributed by atoms with Crippen molar-refractivity contribution in [2.75, 3.05) is 54.1 Å². The van der Waals surface area contributed by atoms with Gasteiger partial charge in [0.1, 0.15) is 19.3 Å². The summed E-state index contributed by atoms with van der Waals surface area (Å²) in [6, 6.07) is 0. The number of hydrogen-bond acceptors (Lipinski definition) is 6. The van der Waals surface area contributed by atoms with E-state index in [0.717, 1.165) is 32.1 Å². The quantitative estimate of drug-likeness (QED) is 0.0281. The molecule has 0 aliphatic rings. The minimum Gasteiger partial charge on any atom is -0.457 e. The van der Waals surface area contributed by atoms with Crippen LogP contribution in [0.25, 0.3) is 0 Å². The van der Waals surface area contributed by atoms with Crippen LogP contribution in [0.1, 0.15) is 271 Å². The fraction of sp³-hybridized carbons (Fsp3) is 0.981. The highest BCUT2D eigenvalue weighted by molar-refractivity contribution is 7.47. The van der Waals surface area contributed by atoms with Crippen LogP contribution in [0, 0.1) is 0 Å². The van der Waals surface area contributed by atoms with E-state index in [1.165, 1.54) is 218 Å². The van der Waals surface area contributed by atoms with Crippen molar-refractivity contribution in [2.24, 2.45) is 0 Å². The van der Waals surface area contributed by atoms with Gasteiger partial charge in [-0.2, -0.15) is 0 Å². The van der Waals surface area contributed by atoms with Crippen molar-refractivity contribution in [2.45, 2.75) is 277 Å². The Morgan fingerprint density at radius 1 is 0.443 bits per heavy atom. The molecule has 366 valence electrons. The van der Waals surface area contributed by atoms with Gasteiger partial charge in [0.25, 0.3) is 0 Å². The SMILES string of the molecule is CCCCCCCCCCCCCCCCCCCCCCCCCCCCOCC(COP(=O)(O)OCC[N+](C)(C)C)OC(=O)CCCCCCCCCCCCCCC. The largest absolute Gasteiger partial charge is 0.472 e. The molecule has 2 atom stereocenters. The number of quaternary nitrogens is 1. The molecule has 2 unspecified atom stereocenters. The van der Waals surface area contributed by atoms with Crippen LogP contribution < -0.4 is 0 Å². The lowest BCUT2D eigenvalue weighted by molar-refractivity contribution is -0.870. The molecular weight excluding hydrogens is 782 g/mol. The first-order valence-corrected chi connectivity index (χ1v) is 28.3. The Balaban J connectivity index is 3.96. The number of carbonyl (C=O) groups is 1. The molecule has 0 aliphatic heterocycles. The minimum atomic E-state index is -4.27. The van der Waals surface area contributed by atoms with Crippen molar-refractivity contribution in [1.29, 1.82) is 0 Å². The van der Waals surface area contributed by atoms with Crippen LogP contribution in [0.15, 0.2) is 0 Å². The van der Waals surface area contributed by atoms with Crippen molar-refractivity contribution in [1.82, 2.24) is 0 Å². The topological polar surface area (TPSA) is 91.3 Å². The number of likely N-dealkylation sites (N-methyl/N-ethyl adjacent to an activating group) is 1. The Morgan fingerprint density at radius 3 is 1.08 bits per heavy atom. The summed E-state index contributed by atoms with van der Waals surface area (Å²) in [6.07, 6.45) is 51.6. The van der Waals surface area contributed by atoms with E-state index in [0.29, 0.717) is 24.1 Å². The van der Waals surface area contributed by atoms with Gasteiger partial charge in [0.15, 0.2) is 0 Å². The number of unbranched alkanes of at least 4 members (excludes halogenated alkanes) is 37. The fourth-order valence-corrected chi connectivity index (χ4v) is 8.77. The molecule has 61 heavy (non-hydrogen) atoms. The van der Waals surface area contributed by atoms with Gasteiger partial charge in [-0.05, 0) is 12.8 Å². The monoisotopic (exact) mass is 889 g/mol. The minimum absolute atomic E-state index is 0.0941. The number of ether oxygens (including phenoxy) is 2. The number of phosphoric acid groups is 1. The third-order valence-corrected chi connectivity index (χ3v) is 13.2. The Kier molecular flexibility index (Phi) is 45.7. The van der Waals surface area contributed by atoms with Crippen molar-refractivity contribution in [3.63, 3.8) is 0 Å². The Labute approximate surface area is 380 Å². The van der Waals surface area contributed by atoms with Crippen molar-refractivity contribution in [3.8, 4) is 0 Å². The third kappa shape index (κ3) is 50.4. The first kappa shape index (κ1) is 60.5. The molecule has 0 aromatic rings. The van der Waals surface area contributed by atoms with Crippen molar-refractivity contribution >= 4 is 13.8 Å². The Morgan fingerprint density at radius 2 is 0.754 bits per heavy atom. The van der Waals surface area contributed by atoms with Crippen LogP contribution in [-0.4, -0.2) is 75.6 Å². The highest BCUT2D eigenvalue weighted by Gasteiger charge is 2.26. The maximum absolute atomic E-state index is 12.7. The zero-order chi connectivity index (χ0) is 44.8. The molecule has 8 nitrogen and oxygen atoms in total. The van der Waals surface area contributed by atoms with Gasteiger partial charge in [-0.3, -0.25) is 13.8 Å². The summed E-state index contributed by atoms with van der Waals surface area (Å²) in [4.78, 5) is 23.0. The van der Waals surface area contributed by atoms with E-state index in [-0.39, 0.29) is 25.8 Å². The van der Waals surface area contributed by atoms with Gasteiger partial charge in [-0.25, -0.2) is 4.57 Å². The molecule has 0 spiro atoms. The molecule has 0 saturated heterocycles. The second-order valence-corrected chi connectivity index (χ2v) is 21.1. The van der Waals surface area contributed by atoms with Crippen LogP contribution in [-0.2, 0) is 27.9 Å². The lowest BCUT2D eigenvalue weighted by Gasteiger charge is -2.24. The molecule has 0 amide bonds. The summed E-state index contributed by atoms with van der Waals surface area (Å²) in [5, 5.41) is 0. The molecule has 0 saturated carbocycles. The van der Waals surface area contributed by atoms with Gasteiger partial charge in [0, 0.05) is 13.0 Å². The molecular formula is C52H107NO7P+. The first-order chi connectivity index (χ1) is 29.6. The number of carbonyl (C=O) groups excluding carboxylic acids is 1.